The summed E-state index contributed by atoms with van der Waals surface area (Å²) in [5, 5.41) is 14.5. The van der Waals surface area contributed by atoms with Gasteiger partial charge in [-0.1, -0.05) is 25.0 Å². The number of hydrogen-bond donors (Lipinski definition) is 2. The van der Waals surface area contributed by atoms with Gasteiger partial charge in [0.05, 0.1) is 12.2 Å². The lowest BCUT2D eigenvalue weighted by Gasteiger charge is -2.22. The molecule has 2 fully saturated rings. The molecule has 2 N–H and O–H groups in total. The fourth-order valence-electron chi connectivity index (χ4n) is 3.47. The van der Waals surface area contributed by atoms with Crippen LogP contribution >= 0.6 is 0 Å². The number of amides is 1. The van der Waals surface area contributed by atoms with Crippen LogP contribution in [0.3, 0.4) is 0 Å². The predicted octanol–water partition coefficient (Wildman–Crippen LogP) is 1.37. The van der Waals surface area contributed by atoms with Crippen LogP contribution in [0.5, 0.6) is 0 Å². The highest BCUT2D eigenvalue weighted by Crippen LogP contribution is 2.30. The Balaban J connectivity index is 1.53. The van der Waals surface area contributed by atoms with Gasteiger partial charge in [-0.05, 0) is 44.2 Å². The van der Waals surface area contributed by atoms with E-state index in [1.54, 1.807) is 6.20 Å². The van der Waals surface area contributed by atoms with Crippen molar-refractivity contribution in [3.63, 3.8) is 0 Å². The van der Waals surface area contributed by atoms with E-state index in [0.29, 0.717) is 17.7 Å². The van der Waals surface area contributed by atoms with Crippen LogP contribution in [0.25, 0.3) is 0 Å². The molecule has 3 rings (SSSR count). The summed E-state index contributed by atoms with van der Waals surface area (Å²) in [5.41, 5.74) is 0.444. The second kappa shape index (κ2) is 6.56. The average molecular weight is 291 g/mol. The largest absolute Gasteiger partial charge is 0.350 e. The Morgan fingerprint density at radius 2 is 2.19 bits per heavy atom. The molecular weight excluding hydrogens is 266 g/mol. The summed E-state index contributed by atoms with van der Waals surface area (Å²) in [4.78, 5) is 12.2. The van der Waals surface area contributed by atoms with Crippen molar-refractivity contribution in [3.05, 3.63) is 11.9 Å². The smallest absolute Gasteiger partial charge is 0.273 e. The summed E-state index contributed by atoms with van der Waals surface area (Å²) in [6, 6.07) is 0.371. The van der Waals surface area contributed by atoms with Gasteiger partial charge < -0.3 is 10.6 Å². The van der Waals surface area contributed by atoms with E-state index < -0.39 is 0 Å². The highest BCUT2D eigenvalue weighted by Gasteiger charge is 2.24. The van der Waals surface area contributed by atoms with Crippen molar-refractivity contribution in [3.8, 4) is 0 Å². The van der Waals surface area contributed by atoms with Gasteiger partial charge in [-0.3, -0.25) is 4.79 Å². The molecule has 2 unspecified atom stereocenters. The van der Waals surface area contributed by atoms with Gasteiger partial charge in [0, 0.05) is 6.54 Å². The molecular formula is C15H25N5O. The quantitative estimate of drug-likeness (QED) is 0.879. The molecule has 6 heteroatoms. The Labute approximate surface area is 125 Å². The molecule has 1 amide bonds. The zero-order valence-electron chi connectivity index (χ0n) is 12.7. The third-order valence-electron chi connectivity index (χ3n) is 4.99. The molecule has 2 aliphatic rings. The first-order chi connectivity index (χ1) is 10.2. The van der Waals surface area contributed by atoms with Gasteiger partial charge in [-0.2, -0.15) is 0 Å². The Morgan fingerprint density at radius 3 is 2.90 bits per heavy atom. The highest BCUT2D eigenvalue weighted by molar-refractivity contribution is 5.91. The standard InChI is InChI=1S/C15H25N5O/c1-11-3-2-4-12(11)9-17-15(21)14-10-20(19-18-14)13-5-7-16-8-6-13/h10-13,16H,2-9H2,1H3,(H,17,21). The van der Waals surface area contributed by atoms with Gasteiger partial charge in [-0.25, -0.2) is 4.68 Å². The third-order valence-corrected chi connectivity index (χ3v) is 4.99. The zero-order valence-corrected chi connectivity index (χ0v) is 12.7. The monoisotopic (exact) mass is 291 g/mol. The van der Waals surface area contributed by atoms with Crippen molar-refractivity contribution in [1.29, 1.82) is 0 Å². The topological polar surface area (TPSA) is 71.8 Å². The average Bonchev–Trinajstić information content (AvgIpc) is 3.15. The number of aromatic nitrogens is 3. The van der Waals surface area contributed by atoms with Crippen LogP contribution in [0.2, 0.25) is 0 Å². The SMILES string of the molecule is CC1CCCC1CNC(=O)c1cn(C2CCNCC2)nn1. The fourth-order valence-corrected chi connectivity index (χ4v) is 3.47. The minimum absolute atomic E-state index is 0.0886. The molecule has 6 nitrogen and oxygen atoms in total. The van der Waals surface area contributed by atoms with E-state index in [1.165, 1.54) is 19.3 Å². The molecule has 2 heterocycles. The van der Waals surface area contributed by atoms with Crippen molar-refractivity contribution >= 4 is 5.91 Å². The van der Waals surface area contributed by atoms with Gasteiger partial charge in [0.2, 0.25) is 0 Å². The molecule has 116 valence electrons. The molecule has 0 aromatic carbocycles. The van der Waals surface area contributed by atoms with E-state index in [-0.39, 0.29) is 5.91 Å². The number of carbonyl (C=O) groups excluding carboxylic acids is 1. The highest BCUT2D eigenvalue weighted by atomic mass is 16.2. The van der Waals surface area contributed by atoms with Crippen LogP contribution in [-0.2, 0) is 0 Å². The Morgan fingerprint density at radius 1 is 1.38 bits per heavy atom. The molecule has 0 spiro atoms. The molecule has 1 aliphatic carbocycles. The lowest BCUT2D eigenvalue weighted by atomic mass is 9.98. The maximum atomic E-state index is 12.2. The summed E-state index contributed by atoms with van der Waals surface area (Å²) < 4.78 is 1.86. The third kappa shape index (κ3) is 3.43. The van der Waals surface area contributed by atoms with Gasteiger partial charge in [0.1, 0.15) is 0 Å². The number of carbonyl (C=O) groups is 1. The minimum Gasteiger partial charge on any atom is -0.350 e. The van der Waals surface area contributed by atoms with E-state index in [2.05, 4.69) is 27.9 Å². The van der Waals surface area contributed by atoms with E-state index >= 15 is 0 Å². The van der Waals surface area contributed by atoms with Crippen LogP contribution in [0, 0.1) is 11.8 Å². The lowest BCUT2D eigenvalue weighted by molar-refractivity contribution is 0.0939. The van der Waals surface area contributed by atoms with E-state index in [9.17, 15) is 4.79 Å². The summed E-state index contributed by atoms with van der Waals surface area (Å²) in [6.45, 7) is 5.05. The number of piperidine rings is 1. The maximum absolute atomic E-state index is 12.2. The number of nitrogens with zero attached hydrogens (tertiary/aromatic N) is 3. The minimum atomic E-state index is -0.0886. The molecule has 1 aromatic rings. The van der Waals surface area contributed by atoms with Gasteiger partial charge in [0.25, 0.3) is 5.91 Å². The second-order valence-electron chi connectivity index (χ2n) is 6.44. The van der Waals surface area contributed by atoms with Gasteiger partial charge in [-0.15, -0.1) is 5.10 Å². The molecule has 2 atom stereocenters. The summed E-state index contributed by atoms with van der Waals surface area (Å²) in [6.07, 6.45) is 7.68. The van der Waals surface area contributed by atoms with Crippen molar-refractivity contribution in [1.82, 2.24) is 25.6 Å². The zero-order chi connectivity index (χ0) is 14.7. The first-order valence-electron chi connectivity index (χ1n) is 8.15. The molecule has 1 aromatic heterocycles. The first-order valence-corrected chi connectivity index (χ1v) is 8.15. The Kier molecular flexibility index (Phi) is 4.53. The van der Waals surface area contributed by atoms with Crippen molar-refractivity contribution in [2.75, 3.05) is 19.6 Å². The molecule has 21 heavy (non-hydrogen) atoms. The first kappa shape index (κ1) is 14.5. The molecule has 1 aliphatic heterocycles. The van der Waals surface area contributed by atoms with Gasteiger partial charge in [0.15, 0.2) is 5.69 Å². The maximum Gasteiger partial charge on any atom is 0.273 e. The number of rotatable bonds is 4. The fraction of sp³-hybridized carbons (Fsp3) is 0.800. The van der Waals surface area contributed by atoms with Gasteiger partial charge >= 0.3 is 0 Å². The van der Waals surface area contributed by atoms with Crippen LogP contribution in [0.1, 0.15) is 55.6 Å². The molecule has 1 saturated carbocycles. The summed E-state index contributed by atoms with van der Waals surface area (Å²) in [5.74, 6) is 1.25. The van der Waals surface area contributed by atoms with Crippen LogP contribution < -0.4 is 10.6 Å². The van der Waals surface area contributed by atoms with Crippen molar-refractivity contribution in [2.24, 2.45) is 11.8 Å². The van der Waals surface area contributed by atoms with Crippen LogP contribution in [0.4, 0.5) is 0 Å². The Hall–Kier alpha value is -1.43. The Bertz CT molecular complexity index is 480. The normalized spacial score (nSPS) is 26.9. The van der Waals surface area contributed by atoms with E-state index in [4.69, 9.17) is 0 Å². The predicted molar refractivity (Wildman–Crippen MR) is 80.0 cm³/mol. The lowest BCUT2D eigenvalue weighted by Crippen LogP contribution is -2.30. The number of hydrogen-bond acceptors (Lipinski definition) is 4. The van der Waals surface area contributed by atoms with Crippen LogP contribution in [0.15, 0.2) is 6.20 Å². The van der Waals surface area contributed by atoms with E-state index in [1.807, 2.05) is 4.68 Å². The van der Waals surface area contributed by atoms with Crippen LogP contribution in [-0.4, -0.2) is 40.5 Å². The molecule has 1 saturated heterocycles. The second-order valence-corrected chi connectivity index (χ2v) is 6.44. The number of nitrogens with one attached hydrogen (secondary N) is 2. The van der Waals surface area contributed by atoms with Crippen molar-refractivity contribution in [2.45, 2.75) is 45.1 Å². The summed E-state index contributed by atoms with van der Waals surface area (Å²) >= 11 is 0. The molecule has 0 radical (unpaired) electrons. The van der Waals surface area contributed by atoms with Crippen molar-refractivity contribution < 1.29 is 4.79 Å². The van der Waals surface area contributed by atoms with E-state index in [0.717, 1.165) is 38.4 Å². The molecule has 0 bridgehead atoms. The summed E-state index contributed by atoms with van der Waals surface area (Å²) in [7, 11) is 0.